The molecule has 0 aliphatic heterocycles. The molecule has 0 atom stereocenters. The van der Waals surface area contributed by atoms with Crippen molar-refractivity contribution >= 4 is 15.8 Å². The standard InChI is InChI=1S/C11H12FN3O2S/c1-2-8-7-11(14-13-8)15-18(16,17)10-6-4-3-5-9(10)12/h3-7H,2H2,1H3,(H2,13,14,15). The highest BCUT2D eigenvalue weighted by molar-refractivity contribution is 7.92. The van der Waals surface area contributed by atoms with Crippen LogP contribution in [-0.4, -0.2) is 18.6 Å². The second-order valence-corrected chi connectivity index (χ2v) is 5.32. The van der Waals surface area contributed by atoms with Gasteiger partial charge in [-0.25, -0.2) is 12.8 Å². The highest BCUT2D eigenvalue weighted by Crippen LogP contribution is 2.17. The van der Waals surface area contributed by atoms with Crippen LogP contribution in [0.15, 0.2) is 35.2 Å². The fourth-order valence-electron chi connectivity index (χ4n) is 1.45. The van der Waals surface area contributed by atoms with E-state index in [4.69, 9.17) is 0 Å². The molecular weight excluding hydrogens is 257 g/mol. The lowest BCUT2D eigenvalue weighted by Crippen LogP contribution is -2.14. The number of rotatable bonds is 4. The van der Waals surface area contributed by atoms with Gasteiger partial charge in [-0.1, -0.05) is 19.1 Å². The van der Waals surface area contributed by atoms with Gasteiger partial charge in [-0.3, -0.25) is 9.82 Å². The lowest BCUT2D eigenvalue weighted by Gasteiger charge is -2.05. The average Bonchev–Trinajstić information content (AvgIpc) is 2.76. The third-order valence-electron chi connectivity index (χ3n) is 2.38. The van der Waals surface area contributed by atoms with Crippen LogP contribution in [-0.2, 0) is 16.4 Å². The highest BCUT2D eigenvalue weighted by Gasteiger charge is 2.19. The van der Waals surface area contributed by atoms with Gasteiger partial charge in [0, 0.05) is 11.8 Å². The van der Waals surface area contributed by atoms with Gasteiger partial charge in [0.1, 0.15) is 10.7 Å². The third-order valence-corrected chi connectivity index (χ3v) is 3.76. The molecule has 0 spiro atoms. The topological polar surface area (TPSA) is 74.8 Å². The molecule has 0 saturated carbocycles. The summed E-state index contributed by atoms with van der Waals surface area (Å²) >= 11 is 0. The Bertz CT molecular complexity index is 652. The normalized spacial score (nSPS) is 11.4. The predicted molar refractivity (Wildman–Crippen MR) is 65.2 cm³/mol. The van der Waals surface area contributed by atoms with Crippen LogP contribution in [0.25, 0.3) is 0 Å². The molecule has 2 N–H and O–H groups in total. The molecule has 0 bridgehead atoms. The van der Waals surface area contributed by atoms with Crippen LogP contribution >= 0.6 is 0 Å². The molecular formula is C11H12FN3O2S. The Balaban J connectivity index is 2.30. The molecule has 0 unspecified atom stereocenters. The lowest BCUT2D eigenvalue weighted by atomic mass is 10.3. The Morgan fingerprint density at radius 2 is 2.11 bits per heavy atom. The minimum atomic E-state index is -3.95. The maximum Gasteiger partial charge on any atom is 0.266 e. The van der Waals surface area contributed by atoms with Gasteiger partial charge in [0.15, 0.2) is 5.82 Å². The molecule has 1 aromatic heterocycles. The van der Waals surface area contributed by atoms with Gasteiger partial charge < -0.3 is 0 Å². The molecule has 1 aromatic carbocycles. The monoisotopic (exact) mass is 269 g/mol. The van der Waals surface area contributed by atoms with Gasteiger partial charge in [-0.15, -0.1) is 0 Å². The SMILES string of the molecule is CCc1cc(NS(=O)(=O)c2ccccc2F)n[nH]1. The Morgan fingerprint density at radius 1 is 1.39 bits per heavy atom. The molecule has 18 heavy (non-hydrogen) atoms. The van der Waals surface area contributed by atoms with Gasteiger partial charge >= 0.3 is 0 Å². The van der Waals surface area contributed by atoms with E-state index < -0.39 is 20.7 Å². The smallest absolute Gasteiger partial charge is 0.266 e. The minimum Gasteiger partial charge on any atom is -0.280 e. The molecule has 1 heterocycles. The van der Waals surface area contributed by atoms with Crippen molar-refractivity contribution in [3.05, 3.63) is 41.8 Å². The zero-order valence-corrected chi connectivity index (χ0v) is 10.5. The zero-order valence-electron chi connectivity index (χ0n) is 9.64. The summed E-state index contributed by atoms with van der Waals surface area (Å²) in [5.74, 6) is -0.647. The van der Waals surface area contributed by atoms with Crippen molar-refractivity contribution in [1.29, 1.82) is 0 Å². The van der Waals surface area contributed by atoms with E-state index in [9.17, 15) is 12.8 Å². The summed E-state index contributed by atoms with van der Waals surface area (Å²) in [7, 11) is -3.95. The van der Waals surface area contributed by atoms with Crippen molar-refractivity contribution in [3.8, 4) is 0 Å². The summed E-state index contributed by atoms with van der Waals surface area (Å²) in [6, 6.07) is 6.75. The van der Waals surface area contributed by atoms with Crippen molar-refractivity contribution in [3.63, 3.8) is 0 Å². The lowest BCUT2D eigenvalue weighted by molar-refractivity contribution is 0.570. The molecule has 7 heteroatoms. The van der Waals surface area contributed by atoms with Crippen LogP contribution in [0.1, 0.15) is 12.6 Å². The highest BCUT2D eigenvalue weighted by atomic mass is 32.2. The van der Waals surface area contributed by atoms with Gasteiger partial charge in [-0.05, 0) is 18.6 Å². The number of hydrogen-bond donors (Lipinski definition) is 2. The Kier molecular flexibility index (Phi) is 3.33. The number of aromatic nitrogens is 2. The maximum absolute atomic E-state index is 13.4. The van der Waals surface area contributed by atoms with E-state index in [1.165, 1.54) is 18.2 Å². The van der Waals surface area contributed by atoms with Gasteiger partial charge in [-0.2, -0.15) is 5.10 Å². The number of halogens is 1. The Hall–Kier alpha value is -1.89. The Morgan fingerprint density at radius 3 is 2.72 bits per heavy atom. The number of H-pyrrole nitrogens is 1. The zero-order chi connectivity index (χ0) is 13.2. The first kappa shape index (κ1) is 12.6. The summed E-state index contributed by atoms with van der Waals surface area (Å²) in [5.41, 5.74) is 0.793. The largest absolute Gasteiger partial charge is 0.280 e. The first-order chi connectivity index (χ1) is 8.53. The van der Waals surface area contributed by atoms with E-state index in [-0.39, 0.29) is 5.82 Å². The van der Waals surface area contributed by atoms with Crippen LogP contribution in [0.5, 0.6) is 0 Å². The maximum atomic E-state index is 13.4. The van der Waals surface area contributed by atoms with Crippen molar-refractivity contribution in [1.82, 2.24) is 10.2 Å². The fraction of sp³-hybridized carbons (Fsp3) is 0.182. The molecule has 0 aliphatic carbocycles. The summed E-state index contributed by atoms with van der Waals surface area (Å²) in [6.45, 7) is 1.91. The summed E-state index contributed by atoms with van der Waals surface area (Å²) in [4.78, 5) is -0.397. The van der Waals surface area contributed by atoms with Crippen LogP contribution in [0.4, 0.5) is 10.2 Å². The van der Waals surface area contributed by atoms with Gasteiger partial charge in [0.25, 0.3) is 10.0 Å². The first-order valence-electron chi connectivity index (χ1n) is 5.34. The number of aryl methyl sites for hydroxylation is 1. The van der Waals surface area contributed by atoms with E-state index in [2.05, 4.69) is 14.9 Å². The number of benzene rings is 1. The minimum absolute atomic E-state index is 0.148. The van der Waals surface area contributed by atoms with E-state index in [1.54, 1.807) is 6.07 Å². The molecule has 0 radical (unpaired) electrons. The average molecular weight is 269 g/mol. The first-order valence-corrected chi connectivity index (χ1v) is 6.83. The quantitative estimate of drug-likeness (QED) is 0.890. The van der Waals surface area contributed by atoms with Crippen molar-refractivity contribution < 1.29 is 12.8 Å². The number of aromatic amines is 1. The summed E-state index contributed by atoms with van der Waals surface area (Å²) < 4.78 is 39.5. The van der Waals surface area contributed by atoms with Gasteiger partial charge in [0.2, 0.25) is 0 Å². The van der Waals surface area contributed by atoms with Crippen molar-refractivity contribution in [2.45, 2.75) is 18.2 Å². The molecule has 2 aromatic rings. The summed E-state index contributed by atoms with van der Waals surface area (Å²) in [6.07, 6.45) is 0.703. The molecule has 5 nitrogen and oxygen atoms in total. The van der Waals surface area contributed by atoms with Crippen molar-refractivity contribution in [2.75, 3.05) is 4.72 Å². The second-order valence-electron chi connectivity index (χ2n) is 3.67. The van der Waals surface area contributed by atoms with Crippen LogP contribution in [0, 0.1) is 5.82 Å². The number of anilines is 1. The molecule has 0 saturated heterocycles. The number of sulfonamides is 1. The van der Waals surface area contributed by atoms with E-state index in [0.717, 1.165) is 11.8 Å². The molecule has 0 aliphatic rings. The molecule has 0 fully saturated rings. The van der Waals surface area contributed by atoms with E-state index in [1.807, 2.05) is 6.92 Å². The van der Waals surface area contributed by atoms with E-state index in [0.29, 0.717) is 6.42 Å². The summed E-state index contributed by atoms with van der Waals surface area (Å²) in [5, 5.41) is 6.46. The van der Waals surface area contributed by atoms with Crippen molar-refractivity contribution in [2.24, 2.45) is 0 Å². The molecule has 2 rings (SSSR count). The van der Waals surface area contributed by atoms with E-state index >= 15 is 0 Å². The van der Waals surface area contributed by atoms with Crippen LogP contribution < -0.4 is 4.72 Å². The van der Waals surface area contributed by atoms with Crippen LogP contribution in [0.2, 0.25) is 0 Å². The molecule has 96 valence electrons. The second kappa shape index (κ2) is 4.77. The Labute approximate surface area is 104 Å². The predicted octanol–water partition coefficient (Wildman–Crippen LogP) is 1.91. The number of hydrogen-bond acceptors (Lipinski definition) is 3. The van der Waals surface area contributed by atoms with Gasteiger partial charge in [0.05, 0.1) is 0 Å². The third kappa shape index (κ3) is 2.51. The van der Waals surface area contributed by atoms with Crippen LogP contribution in [0.3, 0.4) is 0 Å². The number of nitrogens with one attached hydrogen (secondary N) is 2. The number of nitrogens with zero attached hydrogens (tertiary/aromatic N) is 1. The molecule has 0 amide bonds. The fourth-order valence-corrected chi connectivity index (χ4v) is 2.52.